The van der Waals surface area contributed by atoms with Crippen molar-refractivity contribution in [2.24, 2.45) is 5.73 Å². The first-order valence-electron chi connectivity index (χ1n) is 5.31. The average molecular weight is 233 g/mol. The molecule has 0 bridgehead atoms. The van der Waals surface area contributed by atoms with E-state index in [2.05, 4.69) is 0 Å². The number of halogens is 1. The quantitative estimate of drug-likeness (QED) is 0.732. The van der Waals surface area contributed by atoms with Gasteiger partial charge in [0, 0.05) is 18.8 Å². The van der Waals surface area contributed by atoms with Crippen LogP contribution in [-0.2, 0) is 9.59 Å². The minimum Gasteiger partial charge on any atom is -0.368 e. The SMILES string of the molecule is NC(=O)C1CCCCN1C(=O)CCCCl. The number of rotatable bonds is 4. The molecule has 1 fully saturated rings. The van der Waals surface area contributed by atoms with Gasteiger partial charge in [0.25, 0.3) is 0 Å². The number of amides is 2. The lowest BCUT2D eigenvalue weighted by Gasteiger charge is -2.33. The monoisotopic (exact) mass is 232 g/mol. The summed E-state index contributed by atoms with van der Waals surface area (Å²) in [6, 6.07) is -0.401. The average Bonchev–Trinajstić information content (AvgIpc) is 2.25. The molecule has 0 saturated carbocycles. The second-order valence-corrected chi connectivity index (χ2v) is 4.17. The second-order valence-electron chi connectivity index (χ2n) is 3.79. The molecule has 0 aliphatic carbocycles. The molecule has 2 amide bonds. The van der Waals surface area contributed by atoms with E-state index in [1.807, 2.05) is 0 Å². The number of carbonyl (C=O) groups excluding carboxylic acids is 2. The van der Waals surface area contributed by atoms with Gasteiger partial charge >= 0.3 is 0 Å². The minimum absolute atomic E-state index is 0.000787. The van der Waals surface area contributed by atoms with Crippen molar-refractivity contribution in [2.45, 2.75) is 38.1 Å². The molecule has 1 aliphatic rings. The van der Waals surface area contributed by atoms with Gasteiger partial charge in [0.15, 0.2) is 0 Å². The Morgan fingerprint density at radius 2 is 2.13 bits per heavy atom. The molecule has 1 unspecified atom stereocenters. The number of nitrogens with zero attached hydrogens (tertiary/aromatic N) is 1. The fraction of sp³-hybridized carbons (Fsp3) is 0.800. The van der Waals surface area contributed by atoms with Crippen LogP contribution in [0, 0.1) is 0 Å². The molecular weight excluding hydrogens is 216 g/mol. The Morgan fingerprint density at radius 3 is 2.73 bits per heavy atom. The lowest BCUT2D eigenvalue weighted by Crippen LogP contribution is -2.50. The highest BCUT2D eigenvalue weighted by Crippen LogP contribution is 2.18. The summed E-state index contributed by atoms with van der Waals surface area (Å²) in [6.45, 7) is 0.648. The van der Waals surface area contributed by atoms with Gasteiger partial charge in [0.1, 0.15) is 6.04 Å². The van der Waals surface area contributed by atoms with Crippen LogP contribution < -0.4 is 5.73 Å². The molecule has 1 rings (SSSR count). The molecule has 1 aliphatic heterocycles. The van der Waals surface area contributed by atoms with Crippen LogP contribution in [0.5, 0.6) is 0 Å². The summed E-state index contributed by atoms with van der Waals surface area (Å²) in [4.78, 5) is 24.5. The van der Waals surface area contributed by atoms with Crippen molar-refractivity contribution >= 4 is 23.4 Å². The third-order valence-electron chi connectivity index (χ3n) is 2.68. The standard InChI is InChI=1S/C10H17ClN2O2/c11-6-3-5-9(14)13-7-2-1-4-8(13)10(12)15/h8H,1-7H2,(H2,12,15). The van der Waals surface area contributed by atoms with Crippen molar-refractivity contribution in [1.82, 2.24) is 4.90 Å². The number of alkyl halides is 1. The topological polar surface area (TPSA) is 63.4 Å². The van der Waals surface area contributed by atoms with Crippen molar-refractivity contribution in [3.05, 3.63) is 0 Å². The van der Waals surface area contributed by atoms with Gasteiger partial charge in [-0.15, -0.1) is 11.6 Å². The lowest BCUT2D eigenvalue weighted by molar-refractivity contribution is -0.141. The molecule has 4 nitrogen and oxygen atoms in total. The van der Waals surface area contributed by atoms with E-state index in [0.29, 0.717) is 31.7 Å². The Bertz CT molecular complexity index is 246. The molecule has 0 spiro atoms. The number of hydrogen-bond acceptors (Lipinski definition) is 2. The molecule has 2 N–H and O–H groups in total. The highest BCUT2D eigenvalue weighted by molar-refractivity contribution is 6.17. The zero-order valence-electron chi connectivity index (χ0n) is 8.75. The van der Waals surface area contributed by atoms with Gasteiger partial charge in [0.2, 0.25) is 11.8 Å². The summed E-state index contributed by atoms with van der Waals surface area (Å²) in [5.74, 6) is 0.0777. The lowest BCUT2D eigenvalue weighted by atomic mass is 10.0. The Labute approximate surface area is 94.7 Å². The van der Waals surface area contributed by atoms with E-state index < -0.39 is 11.9 Å². The van der Waals surface area contributed by atoms with Crippen LogP contribution in [0.3, 0.4) is 0 Å². The summed E-state index contributed by atoms with van der Waals surface area (Å²) in [5, 5.41) is 0. The molecular formula is C10H17ClN2O2. The summed E-state index contributed by atoms with van der Waals surface area (Å²) in [6.07, 6.45) is 3.68. The molecule has 1 saturated heterocycles. The number of nitrogens with two attached hydrogens (primary N) is 1. The van der Waals surface area contributed by atoms with Crippen LogP contribution in [-0.4, -0.2) is 35.2 Å². The van der Waals surface area contributed by atoms with Gasteiger partial charge in [-0.3, -0.25) is 9.59 Å². The zero-order valence-corrected chi connectivity index (χ0v) is 9.50. The van der Waals surface area contributed by atoms with Gasteiger partial charge in [-0.25, -0.2) is 0 Å². The number of piperidine rings is 1. The van der Waals surface area contributed by atoms with Crippen LogP contribution in [0.4, 0.5) is 0 Å². The van der Waals surface area contributed by atoms with E-state index in [-0.39, 0.29) is 5.91 Å². The number of carbonyl (C=O) groups is 2. The first-order valence-corrected chi connectivity index (χ1v) is 5.85. The first kappa shape index (κ1) is 12.3. The van der Waals surface area contributed by atoms with Crippen LogP contribution >= 0.6 is 11.6 Å². The van der Waals surface area contributed by atoms with E-state index in [1.54, 1.807) is 4.90 Å². The molecule has 1 heterocycles. The van der Waals surface area contributed by atoms with Crippen LogP contribution in [0.15, 0.2) is 0 Å². The van der Waals surface area contributed by atoms with Crippen molar-refractivity contribution in [3.63, 3.8) is 0 Å². The maximum absolute atomic E-state index is 11.7. The largest absolute Gasteiger partial charge is 0.368 e. The maximum atomic E-state index is 11.7. The zero-order chi connectivity index (χ0) is 11.3. The van der Waals surface area contributed by atoms with E-state index in [1.165, 1.54) is 0 Å². The highest BCUT2D eigenvalue weighted by atomic mass is 35.5. The molecule has 0 aromatic heterocycles. The number of primary amides is 1. The van der Waals surface area contributed by atoms with Crippen molar-refractivity contribution in [3.8, 4) is 0 Å². The van der Waals surface area contributed by atoms with Gasteiger partial charge in [-0.05, 0) is 25.7 Å². The van der Waals surface area contributed by atoms with Gasteiger partial charge in [0.05, 0.1) is 0 Å². The maximum Gasteiger partial charge on any atom is 0.240 e. The molecule has 0 aromatic rings. The molecule has 5 heteroatoms. The molecule has 0 radical (unpaired) electrons. The Kier molecular flexibility index (Phi) is 4.88. The summed E-state index contributed by atoms with van der Waals surface area (Å²) >= 11 is 5.52. The molecule has 0 aromatic carbocycles. The number of hydrogen-bond donors (Lipinski definition) is 1. The smallest absolute Gasteiger partial charge is 0.240 e. The van der Waals surface area contributed by atoms with E-state index >= 15 is 0 Å². The van der Waals surface area contributed by atoms with E-state index in [0.717, 1.165) is 12.8 Å². The third kappa shape index (κ3) is 3.38. The Balaban J connectivity index is 2.55. The molecule has 1 atom stereocenters. The predicted molar refractivity (Wildman–Crippen MR) is 58.5 cm³/mol. The Morgan fingerprint density at radius 1 is 1.40 bits per heavy atom. The second kappa shape index (κ2) is 5.95. The third-order valence-corrected chi connectivity index (χ3v) is 2.94. The predicted octanol–water partition coefficient (Wildman–Crippen LogP) is 0.872. The van der Waals surface area contributed by atoms with Crippen LogP contribution in [0.1, 0.15) is 32.1 Å². The van der Waals surface area contributed by atoms with Crippen molar-refractivity contribution in [2.75, 3.05) is 12.4 Å². The molecule has 15 heavy (non-hydrogen) atoms. The van der Waals surface area contributed by atoms with Crippen molar-refractivity contribution < 1.29 is 9.59 Å². The molecule has 86 valence electrons. The highest BCUT2D eigenvalue weighted by Gasteiger charge is 2.29. The summed E-state index contributed by atoms with van der Waals surface area (Å²) < 4.78 is 0. The normalized spacial score (nSPS) is 21.4. The minimum atomic E-state index is -0.401. The van der Waals surface area contributed by atoms with Crippen LogP contribution in [0.25, 0.3) is 0 Å². The Hall–Kier alpha value is -0.770. The number of likely N-dealkylation sites (tertiary alicyclic amines) is 1. The van der Waals surface area contributed by atoms with E-state index in [9.17, 15) is 9.59 Å². The van der Waals surface area contributed by atoms with Gasteiger partial charge in [-0.1, -0.05) is 0 Å². The van der Waals surface area contributed by atoms with Crippen molar-refractivity contribution in [1.29, 1.82) is 0 Å². The van der Waals surface area contributed by atoms with Crippen LogP contribution in [0.2, 0.25) is 0 Å². The summed E-state index contributed by atoms with van der Waals surface area (Å²) in [5.41, 5.74) is 5.27. The summed E-state index contributed by atoms with van der Waals surface area (Å²) in [7, 11) is 0. The van der Waals surface area contributed by atoms with Gasteiger partial charge < -0.3 is 10.6 Å². The van der Waals surface area contributed by atoms with Gasteiger partial charge in [-0.2, -0.15) is 0 Å². The van der Waals surface area contributed by atoms with E-state index in [4.69, 9.17) is 17.3 Å². The first-order chi connectivity index (χ1) is 7.16. The fourth-order valence-electron chi connectivity index (χ4n) is 1.89. The fourth-order valence-corrected chi connectivity index (χ4v) is 2.02.